The molecule has 7 heteroatoms. The van der Waals surface area contributed by atoms with Gasteiger partial charge in [0.05, 0.1) is 23.2 Å². The van der Waals surface area contributed by atoms with Crippen molar-refractivity contribution in [2.24, 2.45) is 7.05 Å². The number of nitrogens with one attached hydrogen (secondary N) is 1. The molecule has 0 unspecified atom stereocenters. The number of β-amino-alcohol motifs (C(OH)–C–C–N with tert-alkyl or cyclic N) is 1. The molecule has 0 radical (unpaired) electrons. The van der Waals surface area contributed by atoms with Gasteiger partial charge in [-0.3, -0.25) is 9.58 Å². The van der Waals surface area contributed by atoms with E-state index < -0.39 is 6.10 Å². The zero-order valence-electron chi connectivity index (χ0n) is 13.8. The molecular weight excluding hydrogens is 280 g/mol. The number of likely N-dealkylation sites (tertiary alicyclic amines) is 1. The summed E-state index contributed by atoms with van der Waals surface area (Å²) in [7, 11) is 1.89. The smallest absolute Gasteiger partial charge is 0.163 e. The predicted octanol–water partition coefficient (Wildman–Crippen LogP) is 0.846. The van der Waals surface area contributed by atoms with Crippen molar-refractivity contribution >= 4 is 16.9 Å². The van der Waals surface area contributed by atoms with E-state index in [1.807, 2.05) is 20.9 Å². The number of aromatic nitrogens is 4. The number of nitrogens with zero attached hydrogens (tertiary/aromatic N) is 5. The Morgan fingerprint density at radius 2 is 1.95 bits per heavy atom. The minimum Gasteiger partial charge on any atom is -0.390 e. The third-order valence-electron chi connectivity index (χ3n) is 4.34. The van der Waals surface area contributed by atoms with Crippen LogP contribution < -0.4 is 5.32 Å². The fourth-order valence-electron chi connectivity index (χ4n) is 3.11. The summed E-state index contributed by atoms with van der Waals surface area (Å²) >= 11 is 0. The fraction of sp³-hybridized carbons (Fsp3) is 0.667. The zero-order valence-corrected chi connectivity index (χ0v) is 13.8. The molecule has 0 aliphatic carbocycles. The van der Waals surface area contributed by atoms with Gasteiger partial charge in [-0.25, -0.2) is 9.97 Å². The molecule has 22 heavy (non-hydrogen) atoms. The van der Waals surface area contributed by atoms with Gasteiger partial charge in [-0.05, 0) is 27.7 Å². The van der Waals surface area contributed by atoms with E-state index in [2.05, 4.69) is 39.1 Å². The Kier molecular flexibility index (Phi) is 3.78. The van der Waals surface area contributed by atoms with Crippen molar-refractivity contribution in [3.8, 4) is 0 Å². The van der Waals surface area contributed by atoms with Gasteiger partial charge < -0.3 is 10.4 Å². The molecule has 3 heterocycles. The largest absolute Gasteiger partial charge is 0.390 e. The summed E-state index contributed by atoms with van der Waals surface area (Å²) in [4.78, 5) is 11.3. The highest BCUT2D eigenvalue weighted by molar-refractivity contribution is 5.89. The van der Waals surface area contributed by atoms with E-state index in [0.29, 0.717) is 18.4 Å². The Hall–Kier alpha value is -1.73. The molecule has 2 atom stereocenters. The minimum absolute atomic E-state index is 0.0282. The number of anilines is 1. The van der Waals surface area contributed by atoms with Crippen LogP contribution in [0.1, 0.15) is 25.4 Å². The van der Waals surface area contributed by atoms with E-state index in [4.69, 9.17) is 0 Å². The van der Waals surface area contributed by atoms with Crippen LogP contribution in [0.3, 0.4) is 0 Å². The van der Waals surface area contributed by atoms with Crippen molar-refractivity contribution in [2.75, 3.05) is 18.4 Å². The van der Waals surface area contributed by atoms with Crippen molar-refractivity contribution in [1.82, 2.24) is 24.6 Å². The van der Waals surface area contributed by atoms with E-state index in [1.54, 1.807) is 4.68 Å². The van der Waals surface area contributed by atoms with Crippen LogP contribution in [0.2, 0.25) is 0 Å². The lowest BCUT2D eigenvalue weighted by Gasteiger charge is -2.20. The van der Waals surface area contributed by atoms with Gasteiger partial charge in [0.1, 0.15) is 11.6 Å². The summed E-state index contributed by atoms with van der Waals surface area (Å²) in [6.45, 7) is 9.62. The number of aliphatic hydroxyl groups excluding tert-OH is 1. The molecule has 7 nitrogen and oxygen atoms in total. The van der Waals surface area contributed by atoms with Crippen LogP contribution in [0.15, 0.2) is 0 Å². The van der Waals surface area contributed by atoms with Crippen LogP contribution in [0.25, 0.3) is 11.0 Å². The lowest BCUT2D eigenvalue weighted by Crippen LogP contribution is -2.33. The number of hydrogen-bond acceptors (Lipinski definition) is 6. The summed E-state index contributed by atoms with van der Waals surface area (Å²) in [5.74, 6) is 1.47. The first-order valence-corrected chi connectivity index (χ1v) is 7.73. The molecule has 1 aliphatic heterocycles. The number of hydrogen-bond donors (Lipinski definition) is 2. The molecular formula is C15H24N6O. The highest BCUT2D eigenvalue weighted by Gasteiger charge is 2.33. The summed E-state index contributed by atoms with van der Waals surface area (Å²) in [5, 5.41) is 19.1. The van der Waals surface area contributed by atoms with Gasteiger partial charge in [-0.1, -0.05) is 0 Å². The monoisotopic (exact) mass is 304 g/mol. The van der Waals surface area contributed by atoms with E-state index in [9.17, 15) is 5.11 Å². The average Bonchev–Trinajstić information content (AvgIpc) is 2.92. The maximum absolute atomic E-state index is 10.3. The molecule has 1 saturated heterocycles. The topological polar surface area (TPSA) is 79.1 Å². The van der Waals surface area contributed by atoms with Gasteiger partial charge in [0, 0.05) is 26.2 Å². The molecule has 2 aromatic heterocycles. The number of aliphatic hydroxyl groups is 1. The maximum atomic E-state index is 10.3. The highest BCUT2D eigenvalue weighted by atomic mass is 16.3. The molecule has 0 bridgehead atoms. The molecule has 3 rings (SSSR count). The Labute approximate surface area is 130 Å². The summed E-state index contributed by atoms with van der Waals surface area (Å²) in [5.41, 5.74) is 1.72. The van der Waals surface area contributed by atoms with E-state index in [-0.39, 0.29) is 6.04 Å². The maximum Gasteiger partial charge on any atom is 0.163 e. The molecule has 0 spiro atoms. The Morgan fingerprint density at radius 3 is 2.59 bits per heavy atom. The second-order valence-electron chi connectivity index (χ2n) is 6.39. The van der Waals surface area contributed by atoms with E-state index in [0.717, 1.165) is 29.1 Å². The summed E-state index contributed by atoms with van der Waals surface area (Å²) in [6.07, 6.45) is -0.398. The summed E-state index contributed by atoms with van der Waals surface area (Å²) in [6, 6.07) is 0.397. The van der Waals surface area contributed by atoms with Crippen LogP contribution >= 0.6 is 0 Å². The standard InChI is InChI=1S/C15H24N6O/c1-8(2)21-6-11(12(22)7-21)18-14-13-9(3)19-20(5)15(13)17-10(4)16-14/h8,11-12,22H,6-7H2,1-5H3,(H,16,17,18)/t11-,12-/m0/s1. The van der Waals surface area contributed by atoms with Crippen molar-refractivity contribution in [1.29, 1.82) is 0 Å². The van der Waals surface area contributed by atoms with Gasteiger partial charge >= 0.3 is 0 Å². The quantitative estimate of drug-likeness (QED) is 0.875. The first-order chi connectivity index (χ1) is 10.4. The molecule has 1 aliphatic rings. The lowest BCUT2D eigenvalue weighted by molar-refractivity contribution is 0.161. The SMILES string of the molecule is Cc1nc(N[C@H]2CN(C(C)C)C[C@@H]2O)c2c(C)nn(C)c2n1. The van der Waals surface area contributed by atoms with Crippen LogP contribution in [0, 0.1) is 13.8 Å². The van der Waals surface area contributed by atoms with Crippen LogP contribution in [0.4, 0.5) is 5.82 Å². The van der Waals surface area contributed by atoms with Gasteiger partial charge in [0.25, 0.3) is 0 Å². The fourth-order valence-corrected chi connectivity index (χ4v) is 3.11. The molecule has 0 amide bonds. The van der Waals surface area contributed by atoms with E-state index >= 15 is 0 Å². The van der Waals surface area contributed by atoms with Crippen molar-refractivity contribution in [2.45, 2.75) is 45.9 Å². The van der Waals surface area contributed by atoms with Crippen LogP contribution in [0.5, 0.6) is 0 Å². The van der Waals surface area contributed by atoms with Gasteiger partial charge in [-0.2, -0.15) is 5.10 Å². The van der Waals surface area contributed by atoms with Crippen molar-refractivity contribution in [3.63, 3.8) is 0 Å². The lowest BCUT2D eigenvalue weighted by atomic mass is 10.2. The Bertz CT molecular complexity index is 695. The second-order valence-corrected chi connectivity index (χ2v) is 6.39. The van der Waals surface area contributed by atoms with Gasteiger partial charge in [-0.15, -0.1) is 0 Å². The molecule has 1 fully saturated rings. The van der Waals surface area contributed by atoms with Crippen molar-refractivity contribution in [3.05, 3.63) is 11.5 Å². The Balaban J connectivity index is 1.94. The van der Waals surface area contributed by atoms with Gasteiger partial charge in [0.15, 0.2) is 5.65 Å². The zero-order chi connectivity index (χ0) is 16.0. The number of aryl methyl sites for hydroxylation is 3. The molecule has 2 aromatic rings. The molecule has 120 valence electrons. The van der Waals surface area contributed by atoms with Crippen LogP contribution in [-0.2, 0) is 7.05 Å². The first kappa shape index (κ1) is 15.2. The second kappa shape index (κ2) is 5.48. The van der Waals surface area contributed by atoms with E-state index in [1.165, 1.54) is 0 Å². The van der Waals surface area contributed by atoms with Crippen molar-refractivity contribution < 1.29 is 5.11 Å². The predicted molar refractivity (Wildman–Crippen MR) is 85.9 cm³/mol. The molecule has 2 N–H and O–H groups in total. The molecule has 0 saturated carbocycles. The highest BCUT2D eigenvalue weighted by Crippen LogP contribution is 2.26. The Morgan fingerprint density at radius 1 is 1.23 bits per heavy atom. The normalized spacial score (nSPS) is 22.9. The number of rotatable bonds is 3. The van der Waals surface area contributed by atoms with Crippen LogP contribution in [-0.4, -0.2) is 61.0 Å². The molecule has 0 aromatic carbocycles. The summed E-state index contributed by atoms with van der Waals surface area (Å²) < 4.78 is 1.77. The van der Waals surface area contributed by atoms with Gasteiger partial charge in [0.2, 0.25) is 0 Å². The third kappa shape index (κ3) is 2.55. The third-order valence-corrected chi connectivity index (χ3v) is 4.34. The average molecular weight is 304 g/mol. The minimum atomic E-state index is -0.398. The first-order valence-electron chi connectivity index (χ1n) is 7.73. The number of fused-ring (bicyclic) bond motifs is 1.